The van der Waals surface area contributed by atoms with Crippen molar-refractivity contribution in [1.29, 1.82) is 0 Å². The molecule has 3 nitrogen and oxygen atoms in total. The van der Waals surface area contributed by atoms with E-state index in [-0.39, 0.29) is 17.7 Å². The quantitative estimate of drug-likeness (QED) is 0.266. The normalized spacial score (nSPS) is 27.2. The molecule has 0 aromatic heterocycles. The molecule has 0 amide bonds. The highest BCUT2D eigenvalue weighted by Crippen LogP contribution is 2.65. The molecule has 1 aliphatic heterocycles. The first kappa shape index (κ1) is 24.7. The molecule has 1 saturated carbocycles. The minimum Gasteiger partial charge on any atom is -0.387 e. The van der Waals surface area contributed by atoms with Gasteiger partial charge in [-0.1, -0.05) is 110 Å². The van der Waals surface area contributed by atoms with Gasteiger partial charge in [-0.15, -0.1) is 0 Å². The topological polar surface area (TPSA) is 35.5 Å². The van der Waals surface area contributed by atoms with E-state index in [9.17, 15) is 0 Å². The number of ether oxygens (including phenoxy) is 1. The zero-order chi connectivity index (χ0) is 24.5. The zero-order valence-electron chi connectivity index (χ0n) is 21.1. The van der Waals surface area contributed by atoms with Crippen molar-refractivity contribution in [3.05, 3.63) is 96.6 Å². The Bertz CT molecular complexity index is 1120. The molecule has 1 heterocycles. The summed E-state index contributed by atoms with van der Waals surface area (Å²) in [5, 5.41) is 1.79. The van der Waals surface area contributed by atoms with Gasteiger partial charge in [-0.25, -0.2) is 0 Å². The fourth-order valence-electron chi connectivity index (χ4n) is 6.17. The number of fused-ring (bicyclic) bond motifs is 1. The number of rotatable bonds is 6. The minimum absolute atomic E-state index is 0.0415. The van der Waals surface area contributed by atoms with E-state index >= 15 is 4.57 Å². The predicted molar refractivity (Wildman–Crippen MR) is 148 cm³/mol. The van der Waals surface area contributed by atoms with Gasteiger partial charge in [0.25, 0.3) is 0 Å². The second-order valence-corrected chi connectivity index (χ2v) is 18.3. The molecule has 35 heavy (non-hydrogen) atoms. The number of hydrogen-bond donors (Lipinski definition) is 0. The Labute approximate surface area is 211 Å². The summed E-state index contributed by atoms with van der Waals surface area (Å²) in [6.45, 7) is 6.63. The van der Waals surface area contributed by atoms with Gasteiger partial charge in [-0.05, 0) is 32.5 Å². The monoisotopic (exact) mass is 504 g/mol. The standard InChI is InChI=1S/C30H37O3PSi/c1-35(2,3)33-30(24-16-8-4-9-17-24)29(27-22-14-7-15-23-28(27)32-30)34(31,25-18-10-5-11-19-25)26-20-12-6-13-21-26/h4-6,8-13,16-21,27-29H,7,14-15,22-23H2,1-3H3/t27-,28-,29-,30-/m0/s1. The van der Waals surface area contributed by atoms with Gasteiger partial charge in [0.2, 0.25) is 0 Å². The summed E-state index contributed by atoms with van der Waals surface area (Å²) in [6.07, 6.45) is 5.54. The van der Waals surface area contributed by atoms with Gasteiger partial charge in [0, 0.05) is 22.1 Å². The molecule has 5 rings (SSSR count). The Balaban J connectivity index is 1.82. The van der Waals surface area contributed by atoms with Gasteiger partial charge in [-0.2, -0.15) is 0 Å². The Hall–Kier alpha value is -1.97. The van der Waals surface area contributed by atoms with Crippen molar-refractivity contribution < 1.29 is 13.7 Å². The lowest BCUT2D eigenvalue weighted by molar-refractivity contribution is -0.186. The van der Waals surface area contributed by atoms with Crippen molar-refractivity contribution in [3.8, 4) is 0 Å². The van der Waals surface area contributed by atoms with Crippen LogP contribution in [0, 0.1) is 5.92 Å². The van der Waals surface area contributed by atoms with E-state index in [0.717, 1.165) is 41.9 Å². The Morgan fingerprint density at radius 2 is 1.29 bits per heavy atom. The van der Waals surface area contributed by atoms with Crippen LogP contribution in [0.5, 0.6) is 0 Å². The molecule has 1 saturated heterocycles. The first-order valence-corrected chi connectivity index (χ1v) is 18.2. The smallest absolute Gasteiger partial charge is 0.196 e. The molecule has 1 aliphatic carbocycles. The van der Waals surface area contributed by atoms with Gasteiger partial charge in [0.1, 0.15) is 0 Å². The fourth-order valence-corrected chi connectivity index (χ4v) is 11.3. The molecule has 0 N–H and O–H groups in total. The summed E-state index contributed by atoms with van der Waals surface area (Å²) in [6, 6.07) is 30.6. The molecule has 3 aromatic carbocycles. The highest BCUT2D eigenvalue weighted by molar-refractivity contribution is 7.79. The molecular formula is C30H37O3PSi. The van der Waals surface area contributed by atoms with Crippen molar-refractivity contribution >= 4 is 26.1 Å². The van der Waals surface area contributed by atoms with Gasteiger partial charge in [-0.3, -0.25) is 0 Å². The van der Waals surface area contributed by atoms with E-state index in [4.69, 9.17) is 9.16 Å². The van der Waals surface area contributed by atoms with Crippen LogP contribution in [0.2, 0.25) is 19.6 Å². The highest BCUT2D eigenvalue weighted by Gasteiger charge is 2.64. The van der Waals surface area contributed by atoms with Crippen LogP contribution in [-0.2, 0) is 19.5 Å². The maximum atomic E-state index is 15.9. The van der Waals surface area contributed by atoms with E-state index in [1.165, 1.54) is 6.42 Å². The molecule has 2 fully saturated rings. The van der Waals surface area contributed by atoms with Crippen molar-refractivity contribution in [1.82, 2.24) is 0 Å². The van der Waals surface area contributed by atoms with Crippen LogP contribution >= 0.6 is 7.14 Å². The fraction of sp³-hybridized carbons (Fsp3) is 0.400. The Kier molecular flexibility index (Phi) is 6.93. The maximum absolute atomic E-state index is 15.9. The third-order valence-corrected chi connectivity index (χ3v) is 12.0. The summed E-state index contributed by atoms with van der Waals surface area (Å²) < 4.78 is 30.2. The second-order valence-electron chi connectivity index (χ2n) is 11.0. The lowest BCUT2D eigenvalue weighted by Gasteiger charge is -2.44. The van der Waals surface area contributed by atoms with Gasteiger partial charge < -0.3 is 13.7 Å². The lowest BCUT2D eigenvalue weighted by atomic mass is 9.90. The summed E-state index contributed by atoms with van der Waals surface area (Å²) >= 11 is 0. The third kappa shape index (κ3) is 4.62. The molecule has 4 atom stereocenters. The minimum atomic E-state index is -3.18. The molecule has 3 aromatic rings. The van der Waals surface area contributed by atoms with E-state index in [1.807, 2.05) is 66.7 Å². The predicted octanol–water partition coefficient (Wildman–Crippen LogP) is 7.05. The van der Waals surface area contributed by atoms with Crippen LogP contribution < -0.4 is 10.6 Å². The third-order valence-electron chi connectivity index (χ3n) is 7.43. The van der Waals surface area contributed by atoms with Crippen molar-refractivity contribution in [2.24, 2.45) is 5.92 Å². The van der Waals surface area contributed by atoms with Crippen LogP contribution in [-0.4, -0.2) is 20.1 Å². The molecule has 0 bridgehead atoms. The summed E-state index contributed by atoms with van der Waals surface area (Å²) in [7, 11) is -5.30. The SMILES string of the molecule is C[Si](C)(C)O[C@]1(c2ccccc2)O[C@H]2CCCCC[C@@H]2[C@@H]1P(=O)(c1ccccc1)c1ccccc1. The van der Waals surface area contributed by atoms with Crippen LogP contribution in [0.1, 0.15) is 37.7 Å². The summed E-state index contributed by atoms with van der Waals surface area (Å²) in [5.74, 6) is -0.875. The first-order valence-electron chi connectivity index (χ1n) is 13.0. The van der Waals surface area contributed by atoms with E-state index in [0.29, 0.717) is 0 Å². The molecular weight excluding hydrogens is 467 g/mol. The zero-order valence-corrected chi connectivity index (χ0v) is 23.0. The highest BCUT2D eigenvalue weighted by atomic mass is 31.2. The average molecular weight is 505 g/mol. The molecule has 2 aliphatic rings. The lowest BCUT2D eigenvalue weighted by Crippen LogP contribution is -2.50. The molecule has 0 spiro atoms. The molecule has 0 unspecified atom stereocenters. The molecule has 5 heteroatoms. The summed E-state index contributed by atoms with van der Waals surface area (Å²) in [5.41, 5.74) is 0.699. The largest absolute Gasteiger partial charge is 0.387 e. The Morgan fingerprint density at radius 1 is 0.771 bits per heavy atom. The van der Waals surface area contributed by atoms with E-state index < -0.39 is 21.2 Å². The Morgan fingerprint density at radius 3 is 1.83 bits per heavy atom. The van der Waals surface area contributed by atoms with Crippen molar-refractivity contribution in [3.63, 3.8) is 0 Å². The average Bonchev–Trinajstić information content (AvgIpc) is 3.00. The van der Waals surface area contributed by atoms with Crippen LogP contribution in [0.15, 0.2) is 91.0 Å². The molecule has 0 radical (unpaired) electrons. The maximum Gasteiger partial charge on any atom is 0.196 e. The van der Waals surface area contributed by atoms with Crippen LogP contribution in [0.25, 0.3) is 0 Å². The first-order chi connectivity index (χ1) is 16.8. The van der Waals surface area contributed by atoms with Gasteiger partial charge >= 0.3 is 0 Å². The van der Waals surface area contributed by atoms with Crippen LogP contribution in [0.4, 0.5) is 0 Å². The van der Waals surface area contributed by atoms with Crippen molar-refractivity contribution in [2.75, 3.05) is 0 Å². The number of benzene rings is 3. The van der Waals surface area contributed by atoms with Gasteiger partial charge in [0.05, 0.1) is 11.8 Å². The van der Waals surface area contributed by atoms with Crippen LogP contribution in [0.3, 0.4) is 0 Å². The second kappa shape index (κ2) is 9.82. The van der Waals surface area contributed by atoms with Crippen molar-refractivity contribution in [2.45, 2.75) is 69.3 Å². The molecule has 184 valence electrons. The van der Waals surface area contributed by atoms with E-state index in [2.05, 4.69) is 43.9 Å². The van der Waals surface area contributed by atoms with E-state index in [1.54, 1.807) is 0 Å². The number of hydrogen-bond acceptors (Lipinski definition) is 3. The van der Waals surface area contributed by atoms with Gasteiger partial charge in [0.15, 0.2) is 21.2 Å². The summed E-state index contributed by atoms with van der Waals surface area (Å²) in [4.78, 5) is 0.